The van der Waals surface area contributed by atoms with Crippen LogP contribution in [0.4, 0.5) is 4.39 Å². The van der Waals surface area contributed by atoms with Crippen molar-refractivity contribution in [3.05, 3.63) is 47.9 Å². The molecular weight excluding hydrogens is 457 g/mol. The Kier molecular flexibility index (Phi) is 12.9. The van der Waals surface area contributed by atoms with E-state index in [1.807, 2.05) is 18.2 Å². The smallest absolute Gasteiger partial charge is 0.136 e. The lowest BCUT2D eigenvalue weighted by molar-refractivity contribution is 0.166. The first-order valence-corrected chi connectivity index (χ1v) is 15.5. The van der Waals surface area contributed by atoms with E-state index in [9.17, 15) is 0 Å². The van der Waals surface area contributed by atoms with Gasteiger partial charge in [0.1, 0.15) is 11.6 Å². The number of ether oxygens (including phenoxy) is 1. The Bertz CT molecular complexity index is 887. The van der Waals surface area contributed by atoms with Crippen LogP contribution in [0.5, 0.6) is 5.75 Å². The van der Waals surface area contributed by atoms with Crippen molar-refractivity contribution in [1.29, 1.82) is 0 Å². The molecule has 1 atom stereocenters. The van der Waals surface area contributed by atoms with Crippen LogP contribution in [0.3, 0.4) is 0 Å². The summed E-state index contributed by atoms with van der Waals surface area (Å²) in [5, 5.41) is 0. The Hall–Kier alpha value is -1.90. The first-order valence-electron chi connectivity index (χ1n) is 15.5. The van der Waals surface area contributed by atoms with E-state index in [0.29, 0.717) is 23.6 Å². The predicted molar refractivity (Wildman–Crippen MR) is 156 cm³/mol. The van der Waals surface area contributed by atoms with Crippen LogP contribution >= 0.6 is 0 Å². The van der Waals surface area contributed by atoms with Crippen LogP contribution in [0.15, 0.2) is 36.5 Å². The normalized spacial score (nSPS) is 16.0. The first kappa shape index (κ1) is 29.7. The summed E-state index contributed by atoms with van der Waals surface area (Å²) >= 11 is 0. The molecule has 0 amide bonds. The lowest BCUT2D eigenvalue weighted by atomic mass is 9.60. The van der Waals surface area contributed by atoms with Crippen LogP contribution < -0.4 is 4.74 Å². The van der Waals surface area contributed by atoms with Gasteiger partial charge in [0.15, 0.2) is 0 Å². The molecule has 0 N–H and O–H groups in total. The summed E-state index contributed by atoms with van der Waals surface area (Å²) < 4.78 is 20.9. The van der Waals surface area contributed by atoms with Gasteiger partial charge in [-0.15, -0.1) is 0 Å². The highest BCUT2D eigenvalue weighted by Crippen LogP contribution is 2.48. The molecular formula is C34H52FNO. The van der Waals surface area contributed by atoms with E-state index >= 15 is 4.39 Å². The molecule has 1 aliphatic carbocycles. The molecule has 1 saturated carbocycles. The fraction of sp³-hybridized carbons (Fsp3) is 0.676. The summed E-state index contributed by atoms with van der Waals surface area (Å²) in [6.07, 6.45) is 23.7. The molecule has 1 aliphatic rings. The van der Waals surface area contributed by atoms with Gasteiger partial charge in [-0.1, -0.05) is 104 Å². The molecule has 0 saturated heterocycles. The summed E-state index contributed by atoms with van der Waals surface area (Å²) in [5.74, 6) is 1.08. The third-order valence-corrected chi connectivity index (χ3v) is 8.64. The van der Waals surface area contributed by atoms with Gasteiger partial charge < -0.3 is 4.74 Å². The zero-order valence-corrected chi connectivity index (χ0v) is 24.0. The quantitative estimate of drug-likeness (QED) is 0.198. The van der Waals surface area contributed by atoms with Gasteiger partial charge in [0.05, 0.1) is 12.3 Å². The van der Waals surface area contributed by atoms with Gasteiger partial charge in [-0.25, -0.2) is 4.39 Å². The largest absolute Gasteiger partial charge is 0.493 e. The third kappa shape index (κ3) is 8.55. The summed E-state index contributed by atoms with van der Waals surface area (Å²) in [6.45, 7) is 7.52. The Labute approximate surface area is 226 Å². The molecule has 0 aliphatic heterocycles. The van der Waals surface area contributed by atoms with Crippen LogP contribution in [0.2, 0.25) is 0 Å². The fourth-order valence-corrected chi connectivity index (χ4v) is 6.50. The molecule has 37 heavy (non-hydrogen) atoms. The van der Waals surface area contributed by atoms with Crippen LogP contribution in [0.25, 0.3) is 11.3 Å². The Morgan fingerprint density at radius 3 is 2.19 bits per heavy atom. The number of nitrogens with zero attached hydrogens (tertiary/aromatic N) is 1. The maximum Gasteiger partial charge on any atom is 0.136 e. The number of unbranched alkanes of at least 4 members (excludes halogenated alkanes) is 7. The number of aromatic nitrogens is 1. The fourth-order valence-electron chi connectivity index (χ4n) is 6.50. The Morgan fingerprint density at radius 1 is 0.811 bits per heavy atom. The number of rotatable bonds is 17. The van der Waals surface area contributed by atoms with E-state index in [1.54, 1.807) is 0 Å². The van der Waals surface area contributed by atoms with Gasteiger partial charge in [0, 0.05) is 17.8 Å². The van der Waals surface area contributed by atoms with Crippen molar-refractivity contribution in [2.75, 3.05) is 6.61 Å². The zero-order chi connectivity index (χ0) is 26.3. The number of halogens is 1. The minimum Gasteiger partial charge on any atom is -0.493 e. The van der Waals surface area contributed by atoms with Gasteiger partial charge in [0.25, 0.3) is 0 Å². The van der Waals surface area contributed by atoms with E-state index in [0.717, 1.165) is 12.3 Å². The SMILES string of the molecule is CCCCCCCCCOc1ccc(-c2ccc(C3(C(CCC)CCCC)CCCCC3)cn2)c(F)c1. The van der Waals surface area contributed by atoms with E-state index in [-0.39, 0.29) is 11.2 Å². The molecule has 1 unspecified atom stereocenters. The number of hydrogen-bond acceptors (Lipinski definition) is 2. The highest BCUT2D eigenvalue weighted by molar-refractivity contribution is 5.61. The van der Waals surface area contributed by atoms with Crippen LogP contribution in [-0.2, 0) is 5.41 Å². The molecule has 3 rings (SSSR count). The number of benzene rings is 1. The maximum atomic E-state index is 15.1. The number of hydrogen-bond donors (Lipinski definition) is 0. The molecule has 1 aromatic heterocycles. The van der Waals surface area contributed by atoms with Gasteiger partial charge in [-0.05, 0) is 67.2 Å². The first-order chi connectivity index (χ1) is 18.1. The molecule has 2 aromatic rings. The van der Waals surface area contributed by atoms with Crippen molar-refractivity contribution in [3.8, 4) is 17.0 Å². The van der Waals surface area contributed by atoms with Crippen molar-refractivity contribution < 1.29 is 9.13 Å². The zero-order valence-electron chi connectivity index (χ0n) is 24.0. The summed E-state index contributed by atoms with van der Waals surface area (Å²) in [7, 11) is 0. The molecule has 1 aromatic carbocycles. The predicted octanol–water partition coefficient (Wildman–Crippen LogP) is 10.8. The Balaban J connectivity index is 1.64. The van der Waals surface area contributed by atoms with Gasteiger partial charge >= 0.3 is 0 Å². The monoisotopic (exact) mass is 509 g/mol. The maximum absolute atomic E-state index is 15.1. The average molecular weight is 510 g/mol. The second-order valence-electron chi connectivity index (χ2n) is 11.4. The second kappa shape index (κ2) is 16.1. The summed E-state index contributed by atoms with van der Waals surface area (Å²) in [6, 6.07) is 9.55. The third-order valence-electron chi connectivity index (χ3n) is 8.64. The topological polar surface area (TPSA) is 22.1 Å². The van der Waals surface area contributed by atoms with Gasteiger partial charge in [-0.2, -0.15) is 0 Å². The second-order valence-corrected chi connectivity index (χ2v) is 11.4. The van der Waals surface area contributed by atoms with Crippen molar-refractivity contribution >= 4 is 0 Å². The van der Waals surface area contributed by atoms with E-state index < -0.39 is 0 Å². The van der Waals surface area contributed by atoms with Crippen molar-refractivity contribution in [3.63, 3.8) is 0 Å². The van der Waals surface area contributed by atoms with Crippen molar-refractivity contribution in [2.24, 2.45) is 5.92 Å². The Morgan fingerprint density at radius 2 is 1.54 bits per heavy atom. The molecule has 0 spiro atoms. The molecule has 0 bridgehead atoms. The van der Waals surface area contributed by atoms with Crippen LogP contribution in [0, 0.1) is 11.7 Å². The van der Waals surface area contributed by atoms with E-state index in [4.69, 9.17) is 9.72 Å². The van der Waals surface area contributed by atoms with E-state index in [1.165, 1.54) is 114 Å². The lowest BCUT2D eigenvalue weighted by Gasteiger charge is -2.44. The molecule has 1 heterocycles. The highest BCUT2D eigenvalue weighted by Gasteiger charge is 2.40. The van der Waals surface area contributed by atoms with E-state index in [2.05, 4.69) is 33.0 Å². The standard InChI is InChI=1S/C34H52FNO/c1-4-7-9-10-11-12-16-25-37-30-20-21-31(32(35)26-30)33-22-19-29(27-36-33)34(23-14-13-15-24-34)28(17-6-3)18-8-5-2/h19-22,26-28H,4-18,23-25H2,1-3H3. The average Bonchev–Trinajstić information content (AvgIpc) is 2.93. The summed E-state index contributed by atoms with van der Waals surface area (Å²) in [5.41, 5.74) is 2.89. The minimum atomic E-state index is -0.253. The molecule has 206 valence electrons. The van der Waals surface area contributed by atoms with Crippen molar-refractivity contribution in [2.45, 2.75) is 135 Å². The summed E-state index contributed by atoms with van der Waals surface area (Å²) in [4.78, 5) is 4.82. The highest BCUT2D eigenvalue weighted by atomic mass is 19.1. The molecule has 0 radical (unpaired) electrons. The van der Waals surface area contributed by atoms with Crippen molar-refractivity contribution in [1.82, 2.24) is 4.98 Å². The molecule has 1 fully saturated rings. The van der Waals surface area contributed by atoms with Crippen LogP contribution in [0.1, 0.15) is 135 Å². The minimum absolute atomic E-state index is 0.237. The lowest BCUT2D eigenvalue weighted by Crippen LogP contribution is -2.37. The molecule has 3 heteroatoms. The number of pyridine rings is 1. The molecule has 2 nitrogen and oxygen atoms in total. The van der Waals surface area contributed by atoms with Crippen LogP contribution in [-0.4, -0.2) is 11.6 Å². The van der Waals surface area contributed by atoms with Gasteiger partial charge in [0.2, 0.25) is 0 Å². The van der Waals surface area contributed by atoms with Gasteiger partial charge in [-0.3, -0.25) is 4.98 Å².